The van der Waals surface area contributed by atoms with Gasteiger partial charge in [-0.15, -0.1) is 0 Å². The molecular weight excluding hydrogens is 238 g/mol. The van der Waals surface area contributed by atoms with Crippen molar-refractivity contribution in [2.24, 2.45) is 0 Å². The van der Waals surface area contributed by atoms with Crippen molar-refractivity contribution in [3.05, 3.63) is 0 Å². The molecule has 0 aliphatic carbocycles. The van der Waals surface area contributed by atoms with E-state index in [0.29, 0.717) is 12.1 Å². The molecule has 0 amide bonds. The standard InChI is InChI=1S/C15H33N3O/c1-6-14-10-17(5)8-7-9-18(14)11-15(4,12-19)16-13(2)3/h13-14,16,19H,6-12H2,1-5H3. The van der Waals surface area contributed by atoms with E-state index in [4.69, 9.17) is 0 Å². The van der Waals surface area contributed by atoms with Crippen molar-refractivity contribution in [3.63, 3.8) is 0 Å². The molecular formula is C15H33N3O. The summed E-state index contributed by atoms with van der Waals surface area (Å²) in [6.07, 6.45) is 2.39. The summed E-state index contributed by atoms with van der Waals surface area (Å²) in [5.41, 5.74) is -0.204. The van der Waals surface area contributed by atoms with Gasteiger partial charge < -0.3 is 15.3 Å². The van der Waals surface area contributed by atoms with Gasteiger partial charge >= 0.3 is 0 Å². The van der Waals surface area contributed by atoms with Crippen LogP contribution in [0.25, 0.3) is 0 Å². The van der Waals surface area contributed by atoms with Crippen LogP contribution in [0.4, 0.5) is 0 Å². The maximum absolute atomic E-state index is 9.75. The summed E-state index contributed by atoms with van der Waals surface area (Å²) < 4.78 is 0. The van der Waals surface area contributed by atoms with Crippen LogP contribution in [0.15, 0.2) is 0 Å². The lowest BCUT2D eigenvalue weighted by Crippen LogP contribution is -2.58. The lowest BCUT2D eigenvalue weighted by atomic mass is 10.00. The molecule has 0 aromatic heterocycles. The second kappa shape index (κ2) is 7.58. The van der Waals surface area contributed by atoms with Crippen LogP contribution in [-0.4, -0.2) is 72.4 Å². The van der Waals surface area contributed by atoms with Gasteiger partial charge in [-0.2, -0.15) is 0 Å². The van der Waals surface area contributed by atoms with E-state index in [1.54, 1.807) is 0 Å². The fourth-order valence-corrected chi connectivity index (χ4v) is 3.17. The van der Waals surface area contributed by atoms with E-state index >= 15 is 0 Å². The Balaban J connectivity index is 2.69. The molecule has 0 radical (unpaired) electrons. The average Bonchev–Trinajstić information content (AvgIpc) is 2.50. The molecule has 2 unspecified atom stereocenters. The van der Waals surface area contributed by atoms with Crippen LogP contribution in [0.1, 0.15) is 40.5 Å². The summed E-state index contributed by atoms with van der Waals surface area (Å²) in [6.45, 7) is 13.3. The fourth-order valence-electron chi connectivity index (χ4n) is 3.17. The largest absolute Gasteiger partial charge is 0.394 e. The molecule has 0 aromatic carbocycles. The molecule has 0 aromatic rings. The van der Waals surface area contributed by atoms with Crippen LogP contribution < -0.4 is 5.32 Å². The number of aliphatic hydroxyl groups excluding tert-OH is 1. The highest BCUT2D eigenvalue weighted by Crippen LogP contribution is 2.16. The Morgan fingerprint density at radius 2 is 2.05 bits per heavy atom. The topological polar surface area (TPSA) is 38.7 Å². The SMILES string of the molecule is CCC1CN(C)CCCN1CC(C)(CO)NC(C)C. The van der Waals surface area contributed by atoms with Crippen molar-refractivity contribution in [2.75, 3.05) is 39.8 Å². The highest BCUT2D eigenvalue weighted by atomic mass is 16.3. The monoisotopic (exact) mass is 271 g/mol. The average molecular weight is 271 g/mol. The highest BCUT2D eigenvalue weighted by Gasteiger charge is 2.31. The van der Waals surface area contributed by atoms with Crippen LogP contribution in [0.5, 0.6) is 0 Å². The van der Waals surface area contributed by atoms with Crippen molar-refractivity contribution < 1.29 is 5.11 Å². The Hall–Kier alpha value is -0.160. The van der Waals surface area contributed by atoms with E-state index in [2.05, 4.69) is 49.9 Å². The minimum atomic E-state index is -0.204. The molecule has 2 atom stereocenters. The first-order chi connectivity index (χ1) is 8.90. The third kappa shape index (κ3) is 5.38. The Kier molecular flexibility index (Phi) is 6.74. The Morgan fingerprint density at radius 3 is 2.58 bits per heavy atom. The maximum atomic E-state index is 9.75. The molecule has 4 heteroatoms. The number of nitrogens with one attached hydrogen (secondary N) is 1. The molecule has 1 rings (SSSR count). The van der Waals surface area contributed by atoms with E-state index in [-0.39, 0.29) is 12.1 Å². The smallest absolute Gasteiger partial charge is 0.0623 e. The molecule has 0 spiro atoms. The van der Waals surface area contributed by atoms with Crippen LogP contribution in [0.2, 0.25) is 0 Å². The Labute approximate surface area is 119 Å². The molecule has 2 N–H and O–H groups in total. The van der Waals surface area contributed by atoms with Gasteiger partial charge in [0, 0.05) is 25.2 Å². The summed E-state index contributed by atoms with van der Waals surface area (Å²) in [4.78, 5) is 5.00. The Bertz CT molecular complexity index is 260. The van der Waals surface area contributed by atoms with E-state index in [1.165, 1.54) is 19.4 Å². The third-order valence-corrected chi connectivity index (χ3v) is 4.03. The minimum absolute atomic E-state index is 0.188. The quantitative estimate of drug-likeness (QED) is 0.760. The second-order valence-electron chi connectivity index (χ2n) is 6.67. The predicted molar refractivity (Wildman–Crippen MR) is 81.5 cm³/mol. The van der Waals surface area contributed by atoms with E-state index in [9.17, 15) is 5.11 Å². The Morgan fingerprint density at radius 1 is 1.37 bits per heavy atom. The van der Waals surface area contributed by atoms with Gasteiger partial charge in [-0.1, -0.05) is 20.8 Å². The van der Waals surface area contributed by atoms with Crippen molar-refractivity contribution in [1.82, 2.24) is 15.1 Å². The van der Waals surface area contributed by atoms with Crippen molar-refractivity contribution in [1.29, 1.82) is 0 Å². The second-order valence-corrected chi connectivity index (χ2v) is 6.67. The van der Waals surface area contributed by atoms with E-state index in [0.717, 1.165) is 19.6 Å². The maximum Gasteiger partial charge on any atom is 0.0623 e. The number of nitrogens with zero attached hydrogens (tertiary/aromatic N) is 2. The zero-order chi connectivity index (χ0) is 14.5. The summed E-state index contributed by atoms with van der Waals surface area (Å²) in [7, 11) is 2.21. The molecule has 114 valence electrons. The number of rotatable bonds is 6. The molecule has 1 saturated heterocycles. The molecule has 19 heavy (non-hydrogen) atoms. The van der Waals surface area contributed by atoms with Gasteiger partial charge in [-0.3, -0.25) is 4.90 Å². The summed E-state index contributed by atoms with van der Waals surface area (Å²) in [6, 6.07) is 0.999. The van der Waals surface area contributed by atoms with Gasteiger partial charge in [0.25, 0.3) is 0 Å². The van der Waals surface area contributed by atoms with Gasteiger partial charge in [-0.05, 0) is 39.9 Å². The molecule has 1 aliphatic heterocycles. The van der Waals surface area contributed by atoms with E-state index < -0.39 is 0 Å². The van der Waals surface area contributed by atoms with Crippen molar-refractivity contribution >= 4 is 0 Å². The molecule has 0 bridgehead atoms. The summed E-state index contributed by atoms with van der Waals surface area (Å²) >= 11 is 0. The third-order valence-electron chi connectivity index (χ3n) is 4.03. The highest BCUT2D eigenvalue weighted by molar-refractivity contribution is 4.90. The summed E-state index contributed by atoms with van der Waals surface area (Å²) in [5.74, 6) is 0. The zero-order valence-corrected chi connectivity index (χ0v) is 13.4. The molecule has 1 aliphatic rings. The number of hydrogen-bond acceptors (Lipinski definition) is 4. The number of likely N-dealkylation sites (N-methyl/N-ethyl adjacent to an activating group) is 1. The van der Waals surface area contributed by atoms with Crippen molar-refractivity contribution in [3.8, 4) is 0 Å². The fraction of sp³-hybridized carbons (Fsp3) is 1.00. The van der Waals surface area contributed by atoms with Crippen LogP contribution in [-0.2, 0) is 0 Å². The number of hydrogen-bond donors (Lipinski definition) is 2. The zero-order valence-electron chi connectivity index (χ0n) is 13.4. The van der Waals surface area contributed by atoms with Crippen LogP contribution >= 0.6 is 0 Å². The first-order valence-electron chi connectivity index (χ1n) is 7.71. The van der Waals surface area contributed by atoms with Gasteiger partial charge in [0.2, 0.25) is 0 Å². The first-order valence-corrected chi connectivity index (χ1v) is 7.71. The van der Waals surface area contributed by atoms with E-state index in [1.807, 2.05) is 0 Å². The van der Waals surface area contributed by atoms with Gasteiger partial charge in [0.15, 0.2) is 0 Å². The minimum Gasteiger partial charge on any atom is -0.394 e. The first kappa shape index (κ1) is 16.9. The van der Waals surface area contributed by atoms with Gasteiger partial charge in [-0.25, -0.2) is 0 Å². The van der Waals surface area contributed by atoms with Crippen LogP contribution in [0.3, 0.4) is 0 Å². The van der Waals surface area contributed by atoms with Crippen molar-refractivity contribution in [2.45, 2.75) is 58.2 Å². The van der Waals surface area contributed by atoms with Crippen LogP contribution in [0, 0.1) is 0 Å². The lowest BCUT2D eigenvalue weighted by Gasteiger charge is -2.39. The normalized spacial score (nSPS) is 26.4. The van der Waals surface area contributed by atoms with Gasteiger partial charge in [0.05, 0.1) is 12.1 Å². The summed E-state index contributed by atoms with van der Waals surface area (Å²) in [5, 5.41) is 13.3. The van der Waals surface area contributed by atoms with Gasteiger partial charge in [0.1, 0.15) is 0 Å². The molecule has 4 nitrogen and oxygen atoms in total. The number of aliphatic hydroxyl groups is 1. The molecule has 0 saturated carbocycles. The molecule has 1 heterocycles. The molecule has 1 fully saturated rings. The lowest BCUT2D eigenvalue weighted by molar-refractivity contribution is 0.0875. The predicted octanol–water partition coefficient (Wildman–Crippen LogP) is 1.15.